The summed E-state index contributed by atoms with van der Waals surface area (Å²) in [5.74, 6) is 1.24. The lowest BCUT2D eigenvalue weighted by Gasteiger charge is -2.24. The monoisotopic (exact) mass is 497 g/mol. The second-order valence-electron chi connectivity index (χ2n) is 7.97. The Labute approximate surface area is 205 Å². The summed E-state index contributed by atoms with van der Waals surface area (Å²) >= 11 is 14.1. The molecule has 1 atom stereocenters. The maximum absolute atomic E-state index is 13.8. The number of aromatic nitrogens is 4. The number of carbonyl (C=O) groups excluding carboxylic acids is 1. The molecule has 0 spiro atoms. The number of fused-ring (bicyclic) bond motifs is 1. The van der Waals surface area contributed by atoms with Crippen LogP contribution in [0.3, 0.4) is 0 Å². The minimum Gasteiger partial charge on any atom is -0.339 e. The van der Waals surface area contributed by atoms with Gasteiger partial charge in [0.2, 0.25) is 0 Å². The van der Waals surface area contributed by atoms with Gasteiger partial charge < -0.3 is 9.88 Å². The molecule has 1 aliphatic rings. The number of halogens is 2. The van der Waals surface area contributed by atoms with E-state index in [4.69, 9.17) is 28.2 Å². The van der Waals surface area contributed by atoms with Crippen LogP contribution in [0.25, 0.3) is 22.3 Å². The number of likely N-dealkylation sites (tertiary alicyclic amines) is 1. The lowest BCUT2D eigenvalue weighted by Crippen LogP contribution is -2.31. The highest BCUT2D eigenvalue weighted by Gasteiger charge is 2.34. The maximum atomic E-state index is 13.8. The van der Waals surface area contributed by atoms with Crippen LogP contribution in [0.2, 0.25) is 10.0 Å². The second-order valence-corrected chi connectivity index (χ2v) is 9.69. The number of rotatable bonds is 4. The molecule has 1 aliphatic heterocycles. The van der Waals surface area contributed by atoms with Crippen molar-refractivity contribution in [3.63, 3.8) is 0 Å². The number of hydrogen-bond acceptors (Lipinski definition) is 5. The Hall–Kier alpha value is -2.61. The molecule has 1 fully saturated rings. The van der Waals surface area contributed by atoms with E-state index < -0.39 is 0 Å². The van der Waals surface area contributed by atoms with Crippen molar-refractivity contribution in [1.82, 2.24) is 24.8 Å². The predicted octanol–water partition coefficient (Wildman–Crippen LogP) is 6.33. The second kappa shape index (κ2) is 8.97. The number of benzene rings is 2. The van der Waals surface area contributed by atoms with Crippen LogP contribution in [0.1, 0.15) is 40.9 Å². The Morgan fingerprint density at radius 1 is 1.18 bits per heavy atom. The highest BCUT2D eigenvalue weighted by molar-refractivity contribution is 7.98. The summed E-state index contributed by atoms with van der Waals surface area (Å²) in [6, 6.07) is 11.1. The molecule has 168 valence electrons. The Morgan fingerprint density at radius 2 is 1.97 bits per heavy atom. The highest BCUT2D eigenvalue weighted by atomic mass is 35.5. The molecule has 0 aliphatic carbocycles. The van der Waals surface area contributed by atoms with Crippen LogP contribution in [0.5, 0.6) is 0 Å². The number of aryl methyl sites for hydroxylation is 1. The molecule has 0 unspecified atom stereocenters. The van der Waals surface area contributed by atoms with Gasteiger partial charge in [-0.05, 0) is 56.4 Å². The number of para-hydroxylation sites is 1. The van der Waals surface area contributed by atoms with Gasteiger partial charge in [-0.1, -0.05) is 29.3 Å². The van der Waals surface area contributed by atoms with Crippen molar-refractivity contribution in [2.45, 2.75) is 30.7 Å². The van der Waals surface area contributed by atoms with Gasteiger partial charge in [0.15, 0.2) is 0 Å². The van der Waals surface area contributed by atoms with Gasteiger partial charge in [-0.15, -0.1) is 11.8 Å². The van der Waals surface area contributed by atoms with Crippen LogP contribution in [0.15, 0.2) is 47.5 Å². The van der Waals surface area contributed by atoms with Gasteiger partial charge >= 0.3 is 0 Å². The van der Waals surface area contributed by atoms with Crippen LogP contribution in [-0.4, -0.2) is 43.5 Å². The van der Waals surface area contributed by atoms with E-state index in [1.54, 1.807) is 43.1 Å². The number of imidazole rings is 1. The number of nitrogens with one attached hydrogen (secondary N) is 1. The van der Waals surface area contributed by atoms with Crippen LogP contribution >= 0.6 is 35.0 Å². The summed E-state index contributed by atoms with van der Waals surface area (Å²) in [6.45, 7) is 2.43. The highest BCUT2D eigenvalue weighted by Crippen LogP contribution is 2.36. The third-order valence-corrected chi connectivity index (χ3v) is 7.04. The smallest absolute Gasteiger partial charge is 0.258 e. The Morgan fingerprint density at radius 3 is 2.73 bits per heavy atom. The van der Waals surface area contributed by atoms with Crippen molar-refractivity contribution in [2.75, 3.05) is 12.8 Å². The molecule has 0 saturated carbocycles. The first-order valence-corrected chi connectivity index (χ1v) is 12.6. The zero-order valence-electron chi connectivity index (χ0n) is 18.1. The van der Waals surface area contributed by atoms with Crippen LogP contribution in [-0.2, 0) is 0 Å². The van der Waals surface area contributed by atoms with E-state index in [0.29, 0.717) is 39.2 Å². The van der Waals surface area contributed by atoms with E-state index in [2.05, 4.69) is 21.0 Å². The number of nitrogens with zero attached hydrogens (tertiary/aromatic N) is 4. The SMILES string of the molecule is CSc1cccc2nc([C@@H]3CCCN3C(=O)c3cnc(C)nc3-c3cc(Cl)cc(Cl)c3)[nH]c12. The van der Waals surface area contributed by atoms with Gasteiger partial charge in [-0.3, -0.25) is 4.79 Å². The molecule has 0 radical (unpaired) electrons. The molecule has 2 aromatic carbocycles. The number of carbonyl (C=O) groups is 1. The number of hydrogen-bond donors (Lipinski definition) is 1. The molecule has 5 rings (SSSR count). The van der Waals surface area contributed by atoms with E-state index in [-0.39, 0.29) is 11.9 Å². The van der Waals surface area contributed by atoms with Gasteiger partial charge in [0.1, 0.15) is 11.6 Å². The third kappa shape index (κ3) is 4.21. The quantitative estimate of drug-likeness (QED) is 0.333. The fourth-order valence-electron chi connectivity index (χ4n) is 4.34. The summed E-state index contributed by atoms with van der Waals surface area (Å²) in [5.41, 5.74) is 3.55. The zero-order chi connectivity index (χ0) is 23.1. The summed E-state index contributed by atoms with van der Waals surface area (Å²) in [5, 5.41) is 0.969. The molecule has 2 aromatic heterocycles. The average molecular weight is 498 g/mol. The number of aromatic amines is 1. The van der Waals surface area contributed by atoms with E-state index in [0.717, 1.165) is 34.6 Å². The number of H-pyrrole nitrogens is 1. The Balaban J connectivity index is 1.55. The van der Waals surface area contributed by atoms with Crippen molar-refractivity contribution in [3.05, 3.63) is 69.9 Å². The zero-order valence-corrected chi connectivity index (χ0v) is 20.4. The minimum atomic E-state index is -0.142. The summed E-state index contributed by atoms with van der Waals surface area (Å²) < 4.78 is 0. The molecule has 9 heteroatoms. The molecule has 1 saturated heterocycles. The van der Waals surface area contributed by atoms with Crippen molar-refractivity contribution in [2.24, 2.45) is 0 Å². The number of amides is 1. The molecule has 3 heterocycles. The van der Waals surface area contributed by atoms with Gasteiger partial charge in [0.25, 0.3) is 5.91 Å². The third-order valence-electron chi connectivity index (χ3n) is 5.82. The lowest BCUT2D eigenvalue weighted by molar-refractivity contribution is 0.0730. The summed E-state index contributed by atoms with van der Waals surface area (Å²) in [7, 11) is 0. The van der Waals surface area contributed by atoms with Gasteiger partial charge in [0.05, 0.1) is 28.3 Å². The molecular weight excluding hydrogens is 477 g/mol. The van der Waals surface area contributed by atoms with Gasteiger partial charge in [0, 0.05) is 33.2 Å². The van der Waals surface area contributed by atoms with Crippen molar-refractivity contribution < 1.29 is 4.79 Å². The van der Waals surface area contributed by atoms with E-state index in [1.807, 2.05) is 23.3 Å². The van der Waals surface area contributed by atoms with Crippen LogP contribution < -0.4 is 0 Å². The fourth-order valence-corrected chi connectivity index (χ4v) is 5.44. The van der Waals surface area contributed by atoms with Crippen molar-refractivity contribution in [3.8, 4) is 11.3 Å². The van der Waals surface area contributed by atoms with Gasteiger partial charge in [-0.25, -0.2) is 15.0 Å². The normalized spacial score (nSPS) is 16.0. The molecular formula is C24H21Cl2N5OS. The summed E-state index contributed by atoms with van der Waals surface area (Å²) in [4.78, 5) is 33.9. The molecule has 33 heavy (non-hydrogen) atoms. The standard InChI is InChI=1S/C24H21Cl2N5OS/c1-13-27-12-17(21(28-13)14-9-15(25)11-16(26)10-14)24(32)31-8-4-6-19(31)23-29-18-5-3-7-20(33-2)22(18)30-23/h3,5,7,9-12,19H,4,6,8H2,1-2H3,(H,29,30)/t19-/m0/s1. The average Bonchev–Trinajstić information content (AvgIpc) is 3.44. The summed E-state index contributed by atoms with van der Waals surface area (Å²) in [6.07, 6.45) is 5.37. The first-order valence-electron chi connectivity index (χ1n) is 10.6. The van der Waals surface area contributed by atoms with E-state index in [1.165, 1.54) is 0 Å². The first kappa shape index (κ1) is 22.2. The van der Waals surface area contributed by atoms with Crippen molar-refractivity contribution in [1.29, 1.82) is 0 Å². The van der Waals surface area contributed by atoms with Crippen LogP contribution in [0.4, 0.5) is 0 Å². The van der Waals surface area contributed by atoms with Crippen molar-refractivity contribution >= 4 is 51.9 Å². The largest absolute Gasteiger partial charge is 0.339 e. The first-order chi connectivity index (χ1) is 15.9. The Kier molecular flexibility index (Phi) is 6.03. The molecule has 1 N–H and O–H groups in total. The topological polar surface area (TPSA) is 74.8 Å². The Bertz CT molecular complexity index is 1350. The molecule has 6 nitrogen and oxygen atoms in total. The molecule has 0 bridgehead atoms. The fraction of sp³-hybridized carbons (Fsp3) is 0.250. The maximum Gasteiger partial charge on any atom is 0.258 e. The van der Waals surface area contributed by atoms with Gasteiger partial charge in [-0.2, -0.15) is 0 Å². The number of thioether (sulfide) groups is 1. The van der Waals surface area contributed by atoms with Crippen LogP contribution in [0, 0.1) is 6.92 Å². The minimum absolute atomic E-state index is 0.130. The molecule has 4 aromatic rings. The predicted molar refractivity (Wildman–Crippen MR) is 133 cm³/mol. The molecule has 1 amide bonds. The van der Waals surface area contributed by atoms with E-state index in [9.17, 15) is 4.79 Å². The van der Waals surface area contributed by atoms with E-state index >= 15 is 0 Å². The lowest BCUT2D eigenvalue weighted by atomic mass is 10.1.